The van der Waals surface area contributed by atoms with E-state index < -0.39 is 0 Å². The molecule has 0 radical (unpaired) electrons. The lowest BCUT2D eigenvalue weighted by Gasteiger charge is -2.09. The molecule has 0 aliphatic rings. The minimum absolute atomic E-state index is 0.188. The zero-order chi connectivity index (χ0) is 17.8. The number of aryl methyl sites for hydroxylation is 2. The maximum Gasteiger partial charge on any atom is 0.255 e. The first-order chi connectivity index (χ1) is 12.0. The Morgan fingerprint density at radius 2 is 1.96 bits per heavy atom. The lowest BCUT2D eigenvalue weighted by Crippen LogP contribution is -2.12. The molecule has 1 N–H and O–H groups in total. The highest BCUT2D eigenvalue weighted by Gasteiger charge is 2.09. The summed E-state index contributed by atoms with van der Waals surface area (Å²) >= 11 is 7.55. The van der Waals surface area contributed by atoms with E-state index in [1.807, 2.05) is 25.3 Å². The molecule has 0 spiro atoms. The van der Waals surface area contributed by atoms with Gasteiger partial charge in [-0.1, -0.05) is 17.7 Å². The van der Waals surface area contributed by atoms with Crippen molar-refractivity contribution >= 4 is 34.5 Å². The fourth-order valence-electron chi connectivity index (χ4n) is 2.24. The lowest BCUT2D eigenvalue weighted by molar-refractivity contribution is 0.102. The van der Waals surface area contributed by atoms with Gasteiger partial charge in [-0.25, -0.2) is 4.98 Å². The van der Waals surface area contributed by atoms with Crippen LogP contribution in [0.1, 0.15) is 26.6 Å². The first kappa shape index (κ1) is 17.5. The van der Waals surface area contributed by atoms with E-state index in [-0.39, 0.29) is 5.91 Å². The predicted octanol–water partition coefficient (Wildman–Crippen LogP) is 5.24. The van der Waals surface area contributed by atoms with Crippen molar-refractivity contribution in [2.75, 3.05) is 5.32 Å². The molecule has 0 bridgehead atoms. The molecule has 0 unspecified atom stereocenters. The summed E-state index contributed by atoms with van der Waals surface area (Å²) in [5, 5.41) is 6.38. The monoisotopic (exact) mass is 372 g/mol. The van der Waals surface area contributed by atoms with Crippen LogP contribution in [0.25, 0.3) is 0 Å². The number of nitrogens with zero attached hydrogens (tertiary/aromatic N) is 1. The Balaban J connectivity index is 1.63. The molecule has 25 heavy (non-hydrogen) atoms. The Labute approximate surface area is 155 Å². The molecule has 0 atom stereocenters. The number of rotatable bonds is 5. The highest BCUT2D eigenvalue weighted by atomic mass is 35.5. The number of halogens is 1. The first-order valence-electron chi connectivity index (χ1n) is 7.72. The summed E-state index contributed by atoms with van der Waals surface area (Å²) < 4.78 is 5.69. The van der Waals surface area contributed by atoms with Gasteiger partial charge in [-0.15, -0.1) is 11.3 Å². The van der Waals surface area contributed by atoms with E-state index in [1.54, 1.807) is 47.7 Å². The van der Waals surface area contributed by atoms with Crippen molar-refractivity contribution in [3.63, 3.8) is 0 Å². The second-order valence-electron chi connectivity index (χ2n) is 5.61. The van der Waals surface area contributed by atoms with Crippen LogP contribution >= 0.6 is 22.9 Å². The van der Waals surface area contributed by atoms with E-state index in [1.165, 1.54) is 0 Å². The topological polar surface area (TPSA) is 51.2 Å². The molecule has 3 rings (SSSR count). The molecule has 1 amide bonds. The molecule has 4 nitrogen and oxygen atoms in total. The van der Waals surface area contributed by atoms with Gasteiger partial charge in [0.2, 0.25) is 0 Å². The summed E-state index contributed by atoms with van der Waals surface area (Å²) in [6.45, 7) is 4.30. The van der Waals surface area contributed by atoms with Crippen LogP contribution in [-0.4, -0.2) is 10.9 Å². The van der Waals surface area contributed by atoms with Crippen LogP contribution in [0.2, 0.25) is 5.02 Å². The lowest BCUT2D eigenvalue weighted by atomic mass is 10.1. The van der Waals surface area contributed by atoms with Gasteiger partial charge in [0.25, 0.3) is 5.91 Å². The van der Waals surface area contributed by atoms with Gasteiger partial charge in [0.15, 0.2) is 0 Å². The zero-order valence-electron chi connectivity index (χ0n) is 13.9. The third-order valence-corrected chi connectivity index (χ3v) is 4.77. The summed E-state index contributed by atoms with van der Waals surface area (Å²) in [4.78, 5) is 16.7. The largest absolute Gasteiger partial charge is 0.486 e. The quantitative estimate of drug-likeness (QED) is 0.665. The van der Waals surface area contributed by atoms with E-state index in [9.17, 15) is 4.79 Å². The predicted molar refractivity (Wildman–Crippen MR) is 102 cm³/mol. The Bertz CT molecular complexity index is 891. The normalized spacial score (nSPS) is 10.5. The molecule has 128 valence electrons. The van der Waals surface area contributed by atoms with Crippen LogP contribution in [0.4, 0.5) is 5.69 Å². The molecule has 0 fully saturated rings. The van der Waals surface area contributed by atoms with E-state index in [0.717, 1.165) is 16.3 Å². The zero-order valence-corrected chi connectivity index (χ0v) is 15.4. The van der Waals surface area contributed by atoms with Crippen molar-refractivity contribution in [2.24, 2.45) is 0 Å². The van der Waals surface area contributed by atoms with Crippen LogP contribution in [0.15, 0.2) is 47.8 Å². The molecular formula is C19H17ClN2O2S. The van der Waals surface area contributed by atoms with E-state index in [2.05, 4.69) is 10.3 Å². The van der Waals surface area contributed by atoms with Crippen molar-refractivity contribution < 1.29 is 9.53 Å². The van der Waals surface area contributed by atoms with Crippen molar-refractivity contribution in [2.45, 2.75) is 20.5 Å². The van der Waals surface area contributed by atoms with Gasteiger partial charge in [0.05, 0.1) is 0 Å². The Kier molecular flexibility index (Phi) is 5.36. The van der Waals surface area contributed by atoms with Crippen LogP contribution in [0, 0.1) is 13.8 Å². The van der Waals surface area contributed by atoms with Gasteiger partial charge in [0.1, 0.15) is 17.4 Å². The number of hydrogen-bond acceptors (Lipinski definition) is 4. The van der Waals surface area contributed by atoms with Gasteiger partial charge in [-0.05, 0) is 55.8 Å². The Morgan fingerprint density at radius 3 is 2.64 bits per heavy atom. The SMILES string of the molecule is Cc1csc(COc2ccc(C(=O)Nc3cc(Cl)ccc3C)cc2)n1. The Hall–Kier alpha value is -2.37. The van der Waals surface area contributed by atoms with Gasteiger partial charge in [-0.2, -0.15) is 0 Å². The van der Waals surface area contributed by atoms with Crippen molar-refractivity contribution in [1.82, 2.24) is 4.98 Å². The summed E-state index contributed by atoms with van der Waals surface area (Å²) in [6, 6.07) is 12.4. The smallest absolute Gasteiger partial charge is 0.255 e. The number of carbonyl (C=O) groups is 1. The number of benzene rings is 2. The van der Waals surface area contributed by atoms with Crippen LogP contribution < -0.4 is 10.1 Å². The maximum atomic E-state index is 12.4. The maximum absolute atomic E-state index is 12.4. The van der Waals surface area contributed by atoms with E-state index >= 15 is 0 Å². The molecular weight excluding hydrogens is 356 g/mol. The van der Waals surface area contributed by atoms with Gasteiger partial charge < -0.3 is 10.1 Å². The minimum atomic E-state index is -0.188. The minimum Gasteiger partial charge on any atom is -0.486 e. The molecule has 1 aromatic heterocycles. The van der Waals surface area contributed by atoms with E-state index in [0.29, 0.717) is 28.6 Å². The number of thiazole rings is 1. The van der Waals surface area contributed by atoms with Gasteiger partial charge >= 0.3 is 0 Å². The second kappa shape index (κ2) is 7.68. The molecule has 6 heteroatoms. The standard InChI is InChI=1S/C19H17ClN2O2S/c1-12-3-6-15(20)9-17(12)22-19(23)14-4-7-16(8-5-14)24-10-18-21-13(2)11-25-18/h3-9,11H,10H2,1-2H3,(H,22,23). The molecule has 0 saturated heterocycles. The molecule has 0 saturated carbocycles. The fraction of sp³-hybridized carbons (Fsp3) is 0.158. The number of aromatic nitrogens is 1. The third-order valence-electron chi connectivity index (χ3n) is 3.59. The number of hydrogen-bond donors (Lipinski definition) is 1. The molecule has 2 aromatic carbocycles. The number of anilines is 1. The highest BCUT2D eigenvalue weighted by Crippen LogP contribution is 2.22. The number of ether oxygens (including phenoxy) is 1. The van der Waals surface area contributed by atoms with Crippen molar-refractivity contribution in [1.29, 1.82) is 0 Å². The third kappa shape index (κ3) is 4.59. The van der Waals surface area contributed by atoms with Crippen LogP contribution in [0.5, 0.6) is 5.75 Å². The fourth-order valence-corrected chi connectivity index (χ4v) is 3.10. The molecule has 0 aliphatic heterocycles. The second-order valence-corrected chi connectivity index (χ2v) is 6.99. The highest BCUT2D eigenvalue weighted by molar-refractivity contribution is 7.09. The van der Waals surface area contributed by atoms with Crippen LogP contribution in [0.3, 0.4) is 0 Å². The number of nitrogens with one attached hydrogen (secondary N) is 1. The summed E-state index contributed by atoms with van der Waals surface area (Å²) in [7, 11) is 0. The van der Waals surface area contributed by atoms with Crippen LogP contribution in [-0.2, 0) is 6.61 Å². The average Bonchev–Trinajstić information content (AvgIpc) is 3.02. The molecule has 1 heterocycles. The van der Waals surface area contributed by atoms with Crippen molar-refractivity contribution in [3.05, 3.63) is 74.7 Å². The summed E-state index contributed by atoms with van der Waals surface area (Å²) in [6.07, 6.45) is 0. The Morgan fingerprint density at radius 1 is 1.20 bits per heavy atom. The summed E-state index contributed by atoms with van der Waals surface area (Å²) in [5.41, 5.74) is 3.21. The summed E-state index contributed by atoms with van der Waals surface area (Å²) in [5.74, 6) is 0.510. The molecule has 0 aliphatic carbocycles. The van der Waals surface area contributed by atoms with Gasteiger partial charge in [0, 0.05) is 27.3 Å². The average molecular weight is 373 g/mol. The first-order valence-corrected chi connectivity index (χ1v) is 8.98. The number of amides is 1. The van der Waals surface area contributed by atoms with Crippen molar-refractivity contribution in [3.8, 4) is 5.75 Å². The van der Waals surface area contributed by atoms with Gasteiger partial charge in [-0.3, -0.25) is 4.79 Å². The molecule has 3 aromatic rings. The number of carbonyl (C=O) groups excluding carboxylic acids is 1. The van der Waals surface area contributed by atoms with E-state index in [4.69, 9.17) is 16.3 Å².